The number of azo groups is 1. The standard InChI is InChI=1S/C19H18N4O4/c1-25-13-8-9-14(17(10-13)26-2)15-11-16(21-20-15)18-19(24)27-22-23(18)12-6-4-3-5-7-12/h3-10,15,22H,11H2,1-2H3/b18-16-. The van der Waals surface area contributed by atoms with E-state index in [0.29, 0.717) is 29.3 Å². The van der Waals surface area contributed by atoms with E-state index in [-0.39, 0.29) is 6.04 Å². The third-order valence-corrected chi connectivity index (χ3v) is 4.44. The van der Waals surface area contributed by atoms with Crippen LogP contribution in [0.25, 0.3) is 0 Å². The number of para-hydroxylation sites is 1. The first-order chi connectivity index (χ1) is 13.2. The summed E-state index contributed by atoms with van der Waals surface area (Å²) >= 11 is 0. The van der Waals surface area contributed by atoms with E-state index in [0.717, 1.165) is 11.3 Å². The van der Waals surface area contributed by atoms with Gasteiger partial charge in [-0.1, -0.05) is 23.8 Å². The highest BCUT2D eigenvalue weighted by atomic mass is 16.7. The first-order valence-electron chi connectivity index (χ1n) is 8.39. The Kier molecular flexibility index (Phi) is 4.47. The first-order valence-corrected chi connectivity index (χ1v) is 8.39. The SMILES string of the molecule is COc1ccc(C2C/C(=C3\C(=O)ONN3c3ccccc3)N=N2)c(OC)c1. The van der Waals surface area contributed by atoms with Crippen molar-refractivity contribution in [3.8, 4) is 11.5 Å². The van der Waals surface area contributed by atoms with Gasteiger partial charge < -0.3 is 14.3 Å². The molecule has 2 aliphatic heterocycles. The lowest BCUT2D eigenvalue weighted by Crippen LogP contribution is -2.29. The zero-order valence-electron chi connectivity index (χ0n) is 14.9. The molecule has 1 atom stereocenters. The second kappa shape index (κ2) is 7.08. The number of nitrogens with zero attached hydrogens (tertiary/aromatic N) is 3. The Labute approximate surface area is 156 Å². The van der Waals surface area contributed by atoms with E-state index in [1.54, 1.807) is 25.3 Å². The quantitative estimate of drug-likeness (QED) is 0.836. The van der Waals surface area contributed by atoms with Crippen LogP contribution in [-0.4, -0.2) is 20.2 Å². The van der Waals surface area contributed by atoms with Crippen molar-refractivity contribution in [1.29, 1.82) is 0 Å². The Bertz CT molecular complexity index is 927. The molecule has 2 aliphatic rings. The Morgan fingerprint density at radius 2 is 1.96 bits per heavy atom. The molecular formula is C19H18N4O4. The van der Waals surface area contributed by atoms with Crippen LogP contribution in [0.4, 0.5) is 5.69 Å². The van der Waals surface area contributed by atoms with Gasteiger partial charge in [-0.05, 0) is 24.3 Å². The Morgan fingerprint density at radius 3 is 2.70 bits per heavy atom. The van der Waals surface area contributed by atoms with Crippen molar-refractivity contribution in [1.82, 2.24) is 5.59 Å². The zero-order valence-corrected chi connectivity index (χ0v) is 14.9. The van der Waals surface area contributed by atoms with Crippen LogP contribution in [-0.2, 0) is 9.63 Å². The molecular weight excluding hydrogens is 348 g/mol. The summed E-state index contributed by atoms with van der Waals surface area (Å²) < 4.78 is 10.7. The van der Waals surface area contributed by atoms with Crippen LogP contribution in [0, 0.1) is 0 Å². The maximum atomic E-state index is 12.3. The number of anilines is 1. The number of benzene rings is 2. The molecule has 1 fully saturated rings. The second-order valence-electron chi connectivity index (χ2n) is 5.99. The highest BCUT2D eigenvalue weighted by Gasteiger charge is 2.36. The number of methoxy groups -OCH3 is 2. The van der Waals surface area contributed by atoms with Crippen molar-refractivity contribution in [2.24, 2.45) is 10.2 Å². The summed E-state index contributed by atoms with van der Waals surface area (Å²) in [7, 11) is 3.20. The summed E-state index contributed by atoms with van der Waals surface area (Å²) in [6.45, 7) is 0. The predicted molar refractivity (Wildman–Crippen MR) is 96.9 cm³/mol. The van der Waals surface area contributed by atoms with Gasteiger partial charge in [0, 0.05) is 18.1 Å². The van der Waals surface area contributed by atoms with E-state index in [1.165, 1.54) is 0 Å². The van der Waals surface area contributed by atoms with Gasteiger partial charge in [-0.25, -0.2) is 9.80 Å². The number of hydrazine groups is 1. The van der Waals surface area contributed by atoms with E-state index < -0.39 is 5.97 Å². The van der Waals surface area contributed by atoms with E-state index in [9.17, 15) is 4.79 Å². The number of carbonyl (C=O) groups is 1. The molecule has 0 aromatic heterocycles. The fourth-order valence-electron chi connectivity index (χ4n) is 3.09. The fraction of sp³-hybridized carbons (Fsp3) is 0.211. The molecule has 4 rings (SSSR count). The van der Waals surface area contributed by atoms with Crippen LogP contribution in [0.15, 0.2) is 70.2 Å². The highest BCUT2D eigenvalue weighted by molar-refractivity contribution is 5.95. The van der Waals surface area contributed by atoms with Crippen LogP contribution in [0.3, 0.4) is 0 Å². The van der Waals surface area contributed by atoms with Crippen LogP contribution in [0.1, 0.15) is 18.0 Å². The third kappa shape index (κ3) is 3.11. The van der Waals surface area contributed by atoms with E-state index >= 15 is 0 Å². The highest BCUT2D eigenvalue weighted by Crippen LogP contribution is 2.41. The van der Waals surface area contributed by atoms with Crippen molar-refractivity contribution in [3.63, 3.8) is 0 Å². The zero-order chi connectivity index (χ0) is 18.8. The summed E-state index contributed by atoms with van der Waals surface area (Å²) in [6, 6.07) is 14.7. The van der Waals surface area contributed by atoms with E-state index in [2.05, 4.69) is 15.8 Å². The average Bonchev–Trinajstić information content (AvgIpc) is 3.34. The predicted octanol–water partition coefficient (Wildman–Crippen LogP) is 3.30. The molecule has 138 valence electrons. The lowest BCUT2D eigenvalue weighted by atomic mass is 10.0. The van der Waals surface area contributed by atoms with Gasteiger partial charge in [-0.3, -0.25) is 0 Å². The molecule has 2 aromatic rings. The molecule has 0 bridgehead atoms. The molecule has 1 unspecified atom stereocenters. The van der Waals surface area contributed by atoms with Crippen molar-refractivity contribution >= 4 is 11.7 Å². The lowest BCUT2D eigenvalue weighted by Gasteiger charge is -2.16. The molecule has 1 saturated heterocycles. The minimum absolute atomic E-state index is 0.251. The number of rotatable bonds is 4. The minimum atomic E-state index is -0.491. The normalized spacial score (nSPS) is 21.5. The van der Waals surface area contributed by atoms with Gasteiger partial charge in [-0.2, -0.15) is 10.2 Å². The summed E-state index contributed by atoms with van der Waals surface area (Å²) in [5, 5.41) is 10.2. The summed E-state index contributed by atoms with van der Waals surface area (Å²) in [5.41, 5.74) is 5.16. The second-order valence-corrected chi connectivity index (χ2v) is 5.99. The molecule has 8 nitrogen and oxygen atoms in total. The van der Waals surface area contributed by atoms with Crippen LogP contribution >= 0.6 is 0 Å². The number of ether oxygens (including phenoxy) is 2. The molecule has 8 heteroatoms. The molecule has 0 saturated carbocycles. The number of nitrogens with one attached hydrogen (secondary N) is 1. The smallest absolute Gasteiger partial charge is 0.378 e. The molecule has 0 radical (unpaired) electrons. The van der Waals surface area contributed by atoms with Gasteiger partial charge in [0.1, 0.15) is 17.5 Å². The third-order valence-electron chi connectivity index (χ3n) is 4.44. The Morgan fingerprint density at radius 1 is 1.15 bits per heavy atom. The topological polar surface area (TPSA) is 84.8 Å². The van der Waals surface area contributed by atoms with E-state index in [4.69, 9.17) is 14.3 Å². The maximum Gasteiger partial charge on any atom is 0.378 e. The van der Waals surface area contributed by atoms with Crippen molar-refractivity contribution < 1.29 is 19.1 Å². The van der Waals surface area contributed by atoms with Crippen LogP contribution in [0.5, 0.6) is 11.5 Å². The fourth-order valence-corrected chi connectivity index (χ4v) is 3.09. The number of carbonyl (C=O) groups excluding carboxylic acids is 1. The van der Waals surface area contributed by atoms with E-state index in [1.807, 2.05) is 42.5 Å². The molecule has 0 aliphatic carbocycles. The summed E-state index contributed by atoms with van der Waals surface area (Å²) in [4.78, 5) is 17.3. The van der Waals surface area contributed by atoms with Crippen molar-refractivity contribution in [2.75, 3.05) is 19.2 Å². The number of hydrogen-bond acceptors (Lipinski definition) is 8. The molecule has 1 N–H and O–H groups in total. The van der Waals surface area contributed by atoms with Crippen LogP contribution in [0.2, 0.25) is 0 Å². The van der Waals surface area contributed by atoms with Gasteiger partial charge in [0.2, 0.25) is 0 Å². The summed E-state index contributed by atoms with van der Waals surface area (Å²) in [6.07, 6.45) is 0.456. The molecule has 0 amide bonds. The van der Waals surface area contributed by atoms with Gasteiger partial charge >= 0.3 is 5.97 Å². The van der Waals surface area contributed by atoms with Crippen molar-refractivity contribution in [2.45, 2.75) is 12.5 Å². The molecule has 2 aromatic carbocycles. The minimum Gasteiger partial charge on any atom is -0.497 e. The maximum absolute atomic E-state index is 12.3. The average molecular weight is 366 g/mol. The van der Waals surface area contributed by atoms with Gasteiger partial charge in [0.15, 0.2) is 5.70 Å². The first kappa shape index (κ1) is 17.0. The van der Waals surface area contributed by atoms with Gasteiger partial charge in [-0.15, -0.1) is 0 Å². The monoisotopic (exact) mass is 366 g/mol. The van der Waals surface area contributed by atoms with Crippen molar-refractivity contribution in [3.05, 3.63) is 65.5 Å². The van der Waals surface area contributed by atoms with Crippen LogP contribution < -0.4 is 20.1 Å². The lowest BCUT2D eigenvalue weighted by molar-refractivity contribution is -0.140. The Balaban J connectivity index is 1.65. The van der Waals surface area contributed by atoms with Gasteiger partial charge in [0.05, 0.1) is 25.6 Å². The molecule has 27 heavy (non-hydrogen) atoms. The molecule has 0 spiro atoms. The summed E-state index contributed by atoms with van der Waals surface area (Å²) in [5.74, 6) is 0.870. The van der Waals surface area contributed by atoms with Gasteiger partial charge in [0.25, 0.3) is 0 Å². The number of hydrogen-bond donors (Lipinski definition) is 1. The largest absolute Gasteiger partial charge is 0.497 e. The Hall–Kier alpha value is -3.39. The molecule has 2 heterocycles.